The van der Waals surface area contributed by atoms with Crippen LogP contribution < -0.4 is 5.32 Å². The zero-order valence-electron chi connectivity index (χ0n) is 8.21. The van der Waals surface area contributed by atoms with Gasteiger partial charge in [-0.3, -0.25) is 19.8 Å². The molecule has 2 rings (SSSR count). The average Bonchev–Trinajstić information content (AvgIpc) is 2.52. The minimum absolute atomic E-state index is 0.144. The van der Waals surface area contributed by atoms with E-state index in [9.17, 15) is 9.59 Å². The Balaban J connectivity index is 2.21. The number of amides is 2. The summed E-state index contributed by atoms with van der Waals surface area (Å²) in [5, 5.41) is 2.77. The molecule has 2 aliphatic rings. The third kappa shape index (κ3) is 1.42. The highest BCUT2D eigenvalue weighted by atomic mass is 16.5. The second-order valence-electron chi connectivity index (χ2n) is 4.03. The third-order valence-corrected chi connectivity index (χ3v) is 2.79. The summed E-state index contributed by atoms with van der Waals surface area (Å²) in [6.07, 6.45) is 0.741. The Hall–Kier alpha value is -0.940. The Morgan fingerprint density at radius 1 is 1.36 bits per heavy atom. The van der Waals surface area contributed by atoms with Gasteiger partial charge in [0, 0.05) is 6.61 Å². The van der Waals surface area contributed by atoms with Crippen molar-refractivity contribution in [2.24, 2.45) is 0 Å². The van der Waals surface area contributed by atoms with E-state index in [0.717, 1.165) is 6.42 Å². The van der Waals surface area contributed by atoms with Crippen molar-refractivity contribution in [2.75, 3.05) is 26.3 Å². The molecule has 2 saturated heterocycles. The van der Waals surface area contributed by atoms with Crippen LogP contribution in [-0.4, -0.2) is 48.6 Å². The second-order valence-corrected chi connectivity index (χ2v) is 4.03. The number of nitrogens with zero attached hydrogens (tertiary/aromatic N) is 1. The molecule has 78 valence electrons. The molecule has 1 unspecified atom stereocenters. The van der Waals surface area contributed by atoms with Crippen molar-refractivity contribution in [1.82, 2.24) is 10.2 Å². The van der Waals surface area contributed by atoms with Crippen molar-refractivity contribution in [3.05, 3.63) is 0 Å². The molecular formula is C9H14N2O3. The Morgan fingerprint density at radius 3 is 2.50 bits per heavy atom. The molecule has 2 aliphatic heterocycles. The first kappa shape index (κ1) is 9.61. The van der Waals surface area contributed by atoms with E-state index in [0.29, 0.717) is 13.2 Å². The largest absolute Gasteiger partial charge is 0.379 e. The van der Waals surface area contributed by atoms with E-state index >= 15 is 0 Å². The number of hydrogen-bond acceptors (Lipinski definition) is 4. The van der Waals surface area contributed by atoms with Crippen LogP contribution in [0.3, 0.4) is 0 Å². The summed E-state index contributed by atoms with van der Waals surface area (Å²) < 4.78 is 5.24. The smallest absolute Gasteiger partial charge is 0.243 e. The van der Waals surface area contributed by atoms with Crippen molar-refractivity contribution in [2.45, 2.75) is 18.9 Å². The summed E-state index contributed by atoms with van der Waals surface area (Å²) in [4.78, 5) is 24.5. The van der Waals surface area contributed by atoms with Gasteiger partial charge in [-0.15, -0.1) is 0 Å². The van der Waals surface area contributed by atoms with Crippen LogP contribution in [-0.2, 0) is 14.3 Å². The molecular weight excluding hydrogens is 184 g/mol. The fraction of sp³-hybridized carbons (Fsp3) is 0.778. The maximum atomic E-state index is 11.6. The van der Waals surface area contributed by atoms with E-state index in [1.807, 2.05) is 6.92 Å². The van der Waals surface area contributed by atoms with E-state index in [1.165, 1.54) is 4.90 Å². The van der Waals surface area contributed by atoms with Gasteiger partial charge in [-0.05, 0) is 13.3 Å². The Labute approximate surface area is 82.4 Å². The van der Waals surface area contributed by atoms with Crippen molar-refractivity contribution in [3.63, 3.8) is 0 Å². The maximum absolute atomic E-state index is 11.6. The molecule has 0 radical (unpaired) electrons. The molecule has 0 saturated carbocycles. The normalized spacial score (nSPS) is 33.9. The lowest BCUT2D eigenvalue weighted by Gasteiger charge is -2.38. The number of nitrogens with one attached hydrogen (secondary N) is 1. The molecule has 0 spiro atoms. The quantitative estimate of drug-likeness (QED) is 0.556. The molecule has 5 nitrogen and oxygen atoms in total. The van der Waals surface area contributed by atoms with E-state index in [2.05, 4.69) is 5.32 Å². The summed E-state index contributed by atoms with van der Waals surface area (Å²) in [6, 6.07) is 0. The van der Waals surface area contributed by atoms with Crippen LogP contribution in [0.5, 0.6) is 0 Å². The summed E-state index contributed by atoms with van der Waals surface area (Å²) in [5.41, 5.74) is -0.420. The van der Waals surface area contributed by atoms with E-state index in [-0.39, 0.29) is 24.9 Å². The minimum Gasteiger partial charge on any atom is -0.379 e. The van der Waals surface area contributed by atoms with Gasteiger partial charge < -0.3 is 4.74 Å². The van der Waals surface area contributed by atoms with Crippen LogP contribution in [0.15, 0.2) is 0 Å². The highest BCUT2D eigenvalue weighted by Gasteiger charge is 2.43. The fourth-order valence-corrected chi connectivity index (χ4v) is 2.01. The molecule has 1 N–H and O–H groups in total. The average molecular weight is 198 g/mol. The number of piperazine rings is 1. The molecule has 2 fully saturated rings. The first-order chi connectivity index (χ1) is 6.63. The summed E-state index contributed by atoms with van der Waals surface area (Å²) in [5.74, 6) is -0.288. The zero-order valence-corrected chi connectivity index (χ0v) is 8.21. The maximum Gasteiger partial charge on any atom is 0.243 e. The summed E-state index contributed by atoms with van der Waals surface area (Å²) in [6.45, 7) is 3.50. The number of imide groups is 1. The van der Waals surface area contributed by atoms with Gasteiger partial charge in [0.25, 0.3) is 0 Å². The predicted molar refractivity (Wildman–Crippen MR) is 48.6 cm³/mol. The highest BCUT2D eigenvalue weighted by molar-refractivity contribution is 6.00. The van der Waals surface area contributed by atoms with Gasteiger partial charge >= 0.3 is 0 Å². The van der Waals surface area contributed by atoms with Gasteiger partial charge in [0.15, 0.2) is 0 Å². The number of rotatable bonds is 1. The molecule has 0 aromatic heterocycles. The van der Waals surface area contributed by atoms with Gasteiger partial charge in [-0.1, -0.05) is 0 Å². The molecule has 5 heteroatoms. The molecule has 2 heterocycles. The monoisotopic (exact) mass is 198 g/mol. The fourth-order valence-electron chi connectivity index (χ4n) is 2.01. The van der Waals surface area contributed by atoms with E-state index < -0.39 is 5.54 Å². The van der Waals surface area contributed by atoms with Crippen LogP contribution >= 0.6 is 0 Å². The topological polar surface area (TPSA) is 58.6 Å². The molecule has 0 bridgehead atoms. The molecule has 1 atom stereocenters. The van der Waals surface area contributed by atoms with Gasteiger partial charge in [0.1, 0.15) is 0 Å². The first-order valence-corrected chi connectivity index (χ1v) is 4.78. The first-order valence-electron chi connectivity index (χ1n) is 4.78. The minimum atomic E-state index is -0.420. The lowest BCUT2D eigenvalue weighted by molar-refractivity contribution is -0.153. The predicted octanol–water partition coefficient (Wildman–Crippen LogP) is -0.876. The van der Waals surface area contributed by atoms with Crippen LogP contribution in [0, 0.1) is 0 Å². The Morgan fingerprint density at radius 2 is 2.00 bits per heavy atom. The number of carbonyl (C=O) groups is 2. The van der Waals surface area contributed by atoms with E-state index in [1.54, 1.807) is 0 Å². The second kappa shape index (κ2) is 3.33. The third-order valence-electron chi connectivity index (χ3n) is 2.79. The van der Waals surface area contributed by atoms with Gasteiger partial charge in [-0.2, -0.15) is 0 Å². The van der Waals surface area contributed by atoms with Crippen LogP contribution in [0.4, 0.5) is 0 Å². The Bertz CT molecular complexity index is 255. The SMILES string of the molecule is CC1(N2C(=O)CNCC2=O)CCOC1. The van der Waals surface area contributed by atoms with Crippen LogP contribution in [0.2, 0.25) is 0 Å². The number of carbonyl (C=O) groups excluding carboxylic acids is 2. The van der Waals surface area contributed by atoms with Crippen molar-refractivity contribution < 1.29 is 14.3 Å². The van der Waals surface area contributed by atoms with Crippen molar-refractivity contribution in [1.29, 1.82) is 0 Å². The lowest BCUT2D eigenvalue weighted by Crippen LogP contribution is -2.61. The van der Waals surface area contributed by atoms with E-state index in [4.69, 9.17) is 4.74 Å². The molecule has 0 aromatic rings. The Kier molecular flexibility index (Phi) is 2.28. The summed E-state index contributed by atoms with van der Waals surface area (Å²) >= 11 is 0. The molecule has 0 aliphatic carbocycles. The standard InChI is InChI=1S/C9H14N2O3/c1-9(2-3-14-6-9)11-7(12)4-10-5-8(11)13/h10H,2-6H2,1H3. The van der Waals surface area contributed by atoms with Gasteiger partial charge in [-0.25, -0.2) is 0 Å². The van der Waals surface area contributed by atoms with Gasteiger partial charge in [0.2, 0.25) is 11.8 Å². The van der Waals surface area contributed by atoms with Crippen LogP contribution in [0.25, 0.3) is 0 Å². The number of hydrogen-bond donors (Lipinski definition) is 1. The summed E-state index contributed by atoms with van der Waals surface area (Å²) in [7, 11) is 0. The van der Waals surface area contributed by atoms with Gasteiger partial charge in [0.05, 0.1) is 25.2 Å². The molecule has 0 aromatic carbocycles. The molecule has 2 amide bonds. The van der Waals surface area contributed by atoms with Crippen LogP contribution in [0.1, 0.15) is 13.3 Å². The molecule has 14 heavy (non-hydrogen) atoms. The highest BCUT2D eigenvalue weighted by Crippen LogP contribution is 2.26. The van der Waals surface area contributed by atoms with Crippen molar-refractivity contribution in [3.8, 4) is 0 Å². The number of ether oxygens (including phenoxy) is 1. The lowest BCUT2D eigenvalue weighted by atomic mass is 9.98. The zero-order chi connectivity index (χ0) is 10.2. The van der Waals surface area contributed by atoms with Crippen molar-refractivity contribution >= 4 is 11.8 Å².